The largest absolute Gasteiger partial charge is 0.352 e. The fraction of sp³-hybridized carbons (Fsp3) is 0.632. The molecule has 1 spiro atoms. The summed E-state index contributed by atoms with van der Waals surface area (Å²) in [5.41, 5.74) is 0.549. The van der Waals surface area contributed by atoms with Crippen LogP contribution in [-0.4, -0.2) is 31.5 Å². The fourth-order valence-electron chi connectivity index (χ4n) is 3.35. The molecule has 1 aliphatic heterocycles. The average molecular weight is 386 g/mol. The summed E-state index contributed by atoms with van der Waals surface area (Å²) in [6, 6.07) is 4.91. The quantitative estimate of drug-likeness (QED) is 0.821. The summed E-state index contributed by atoms with van der Waals surface area (Å²) in [4.78, 5) is 12.3. The minimum atomic E-state index is -0.407. The zero-order valence-electron chi connectivity index (χ0n) is 14.7. The van der Waals surface area contributed by atoms with Gasteiger partial charge in [-0.15, -0.1) is 0 Å². The van der Waals surface area contributed by atoms with Gasteiger partial charge in [-0.05, 0) is 37.0 Å². The van der Waals surface area contributed by atoms with Gasteiger partial charge in [0.25, 0.3) is 5.91 Å². The first kappa shape index (κ1) is 19.0. The van der Waals surface area contributed by atoms with E-state index in [-0.39, 0.29) is 11.3 Å². The fourth-order valence-corrected chi connectivity index (χ4v) is 3.85. The molecule has 1 N–H and O–H groups in total. The molecule has 1 aliphatic carbocycles. The van der Waals surface area contributed by atoms with Gasteiger partial charge in [0.05, 0.1) is 23.8 Å². The van der Waals surface area contributed by atoms with Crippen molar-refractivity contribution in [1.29, 1.82) is 0 Å². The van der Waals surface area contributed by atoms with Crippen molar-refractivity contribution in [2.75, 3.05) is 19.8 Å². The average Bonchev–Trinajstić information content (AvgIpc) is 2.57. The molecule has 1 saturated heterocycles. The molecule has 6 heteroatoms. The predicted molar refractivity (Wildman–Crippen MR) is 99.2 cm³/mol. The molecule has 4 nitrogen and oxygen atoms in total. The highest BCUT2D eigenvalue weighted by Crippen LogP contribution is 2.40. The van der Waals surface area contributed by atoms with E-state index in [2.05, 4.69) is 19.2 Å². The monoisotopic (exact) mass is 385 g/mol. The second-order valence-electron chi connectivity index (χ2n) is 7.93. The van der Waals surface area contributed by atoms with Crippen molar-refractivity contribution >= 4 is 29.1 Å². The second-order valence-corrected chi connectivity index (χ2v) is 8.77. The lowest BCUT2D eigenvalue weighted by Crippen LogP contribution is -2.50. The van der Waals surface area contributed by atoms with Gasteiger partial charge in [0.1, 0.15) is 0 Å². The van der Waals surface area contributed by atoms with Gasteiger partial charge in [-0.3, -0.25) is 4.79 Å². The number of carbonyl (C=O) groups excluding carboxylic acids is 1. The van der Waals surface area contributed by atoms with Gasteiger partial charge in [-0.25, -0.2) is 0 Å². The SMILES string of the molecule is CC1(C)COC2(CCC(CNC(=O)c3ccc(Cl)cc3Cl)CC2)OC1. The highest BCUT2D eigenvalue weighted by molar-refractivity contribution is 6.36. The van der Waals surface area contributed by atoms with Crippen molar-refractivity contribution in [3.05, 3.63) is 33.8 Å². The van der Waals surface area contributed by atoms with E-state index in [9.17, 15) is 4.79 Å². The summed E-state index contributed by atoms with van der Waals surface area (Å²) in [7, 11) is 0. The van der Waals surface area contributed by atoms with Gasteiger partial charge in [0.15, 0.2) is 5.79 Å². The number of rotatable bonds is 3. The molecule has 2 aliphatic rings. The normalized spacial score (nSPS) is 22.7. The topological polar surface area (TPSA) is 47.6 Å². The minimum absolute atomic E-state index is 0.0912. The number of nitrogens with one attached hydrogen (secondary N) is 1. The van der Waals surface area contributed by atoms with E-state index in [4.69, 9.17) is 32.7 Å². The molecule has 1 heterocycles. The molecule has 0 atom stereocenters. The maximum atomic E-state index is 12.3. The smallest absolute Gasteiger partial charge is 0.252 e. The van der Waals surface area contributed by atoms with Crippen LogP contribution in [0.15, 0.2) is 18.2 Å². The van der Waals surface area contributed by atoms with Crippen LogP contribution in [0.5, 0.6) is 0 Å². The number of amides is 1. The molecule has 0 unspecified atom stereocenters. The molecule has 138 valence electrons. The van der Waals surface area contributed by atoms with Gasteiger partial charge < -0.3 is 14.8 Å². The van der Waals surface area contributed by atoms with Gasteiger partial charge in [-0.1, -0.05) is 37.0 Å². The van der Waals surface area contributed by atoms with E-state index in [1.165, 1.54) is 0 Å². The zero-order valence-corrected chi connectivity index (χ0v) is 16.3. The molecule has 1 saturated carbocycles. The van der Waals surface area contributed by atoms with Gasteiger partial charge in [0, 0.05) is 29.8 Å². The summed E-state index contributed by atoms with van der Waals surface area (Å²) in [5.74, 6) is -0.133. The van der Waals surface area contributed by atoms with Crippen LogP contribution in [0.25, 0.3) is 0 Å². The first-order valence-corrected chi connectivity index (χ1v) is 9.55. The Bertz CT molecular complexity index is 628. The minimum Gasteiger partial charge on any atom is -0.352 e. The van der Waals surface area contributed by atoms with E-state index < -0.39 is 5.79 Å². The van der Waals surface area contributed by atoms with E-state index in [1.807, 2.05) is 0 Å². The molecule has 25 heavy (non-hydrogen) atoms. The molecule has 0 aromatic heterocycles. The van der Waals surface area contributed by atoms with Crippen LogP contribution >= 0.6 is 23.2 Å². The Labute approximate surface area is 159 Å². The van der Waals surface area contributed by atoms with Crippen LogP contribution in [0, 0.1) is 11.3 Å². The maximum Gasteiger partial charge on any atom is 0.252 e. The van der Waals surface area contributed by atoms with E-state index in [0.717, 1.165) is 38.9 Å². The molecular weight excluding hydrogens is 361 g/mol. The second kappa shape index (κ2) is 7.43. The maximum absolute atomic E-state index is 12.3. The van der Waals surface area contributed by atoms with E-state index >= 15 is 0 Å². The van der Waals surface area contributed by atoms with Crippen molar-refractivity contribution in [2.45, 2.75) is 45.3 Å². The molecule has 1 amide bonds. The van der Waals surface area contributed by atoms with Gasteiger partial charge in [0.2, 0.25) is 0 Å². The number of benzene rings is 1. The summed E-state index contributed by atoms with van der Waals surface area (Å²) in [6.45, 7) is 6.43. The Morgan fingerprint density at radius 1 is 1.20 bits per heavy atom. The third kappa shape index (κ3) is 4.68. The third-order valence-corrected chi connectivity index (χ3v) is 5.59. The lowest BCUT2D eigenvalue weighted by Gasteiger charge is -2.46. The molecule has 0 bridgehead atoms. The first-order valence-electron chi connectivity index (χ1n) is 8.80. The van der Waals surface area contributed by atoms with Crippen LogP contribution in [-0.2, 0) is 9.47 Å². The van der Waals surface area contributed by atoms with Crippen LogP contribution in [0.2, 0.25) is 10.0 Å². The molecule has 2 fully saturated rings. The van der Waals surface area contributed by atoms with Crippen molar-refractivity contribution in [2.24, 2.45) is 11.3 Å². The van der Waals surface area contributed by atoms with Crippen molar-refractivity contribution in [3.63, 3.8) is 0 Å². The third-order valence-electron chi connectivity index (χ3n) is 5.05. The van der Waals surface area contributed by atoms with Crippen LogP contribution in [0.4, 0.5) is 0 Å². The van der Waals surface area contributed by atoms with E-state index in [1.54, 1.807) is 18.2 Å². The molecular formula is C19H25Cl2NO3. The zero-order chi connectivity index (χ0) is 18.1. The van der Waals surface area contributed by atoms with Crippen LogP contribution in [0.1, 0.15) is 49.9 Å². The Morgan fingerprint density at radius 2 is 1.84 bits per heavy atom. The van der Waals surface area contributed by atoms with Crippen molar-refractivity contribution in [3.8, 4) is 0 Å². The molecule has 3 rings (SSSR count). The Balaban J connectivity index is 1.47. The first-order chi connectivity index (χ1) is 11.8. The number of halogens is 2. The van der Waals surface area contributed by atoms with Gasteiger partial charge in [-0.2, -0.15) is 0 Å². The predicted octanol–water partition coefficient (Wildman–Crippen LogP) is 4.68. The van der Waals surface area contributed by atoms with Crippen molar-refractivity contribution < 1.29 is 14.3 Å². The highest BCUT2D eigenvalue weighted by Gasteiger charge is 2.43. The Morgan fingerprint density at radius 3 is 2.44 bits per heavy atom. The Kier molecular flexibility index (Phi) is 5.64. The molecule has 0 radical (unpaired) electrons. The summed E-state index contributed by atoms with van der Waals surface area (Å²) in [5, 5.41) is 3.88. The Hall–Kier alpha value is -0.810. The summed E-state index contributed by atoms with van der Waals surface area (Å²) < 4.78 is 12.1. The van der Waals surface area contributed by atoms with Crippen LogP contribution in [0.3, 0.4) is 0 Å². The molecule has 1 aromatic carbocycles. The van der Waals surface area contributed by atoms with Crippen molar-refractivity contribution in [1.82, 2.24) is 5.32 Å². The number of ether oxygens (including phenoxy) is 2. The standard InChI is InChI=1S/C19H25Cl2NO3/c1-18(2)11-24-19(25-12-18)7-5-13(6-8-19)10-22-17(23)15-4-3-14(20)9-16(15)21/h3-4,9,13H,5-8,10-12H2,1-2H3,(H,22,23). The molecule has 1 aromatic rings. The number of hydrogen-bond acceptors (Lipinski definition) is 3. The lowest BCUT2D eigenvalue weighted by molar-refractivity contribution is -0.312. The lowest BCUT2D eigenvalue weighted by atomic mass is 9.83. The number of carbonyl (C=O) groups is 1. The highest BCUT2D eigenvalue weighted by atomic mass is 35.5. The van der Waals surface area contributed by atoms with Crippen LogP contribution < -0.4 is 5.32 Å². The summed E-state index contributed by atoms with van der Waals surface area (Å²) >= 11 is 12.0. The summed E-state index contributed by atoms with van der Waals surface area (Å²) in [6.07, 6.45) is 3.72. The van der Waals surface area contributed by atoms with Gasteiger partial charge >= 0.3 is 0 Å². The van der Waals surface area contributed by atoms with E-state index in [0.29, 0.717) is 28.1 Å². The number of hydrogen-bond donors (Lipinski definition) is 1.